The molecule has 0 aliphatic heterocycles. The maximum absolute atomic E-state index is 12.4. The van der Waals surface area contributed by atoms with Crippen molar-refractivity contribution in [3.05, 3.63) is 75.9 Å². The van der Waals surface area contributed by atoms with Gasteiger partial charge in [-0.3, -0.25) is 9.36 Å². The Hall–Kier alpha value is -2.61. The molecule has 0 aliphatic carbocycles. The number of methoxy groups -OCH3 is 1. The number of carbonyl (C=O) groups is 1. The fourth-order valence-corrected chi connectivity index (χ4v) is 4.47. The highest BCUT2D eigenvalue weighted by atomic mass is 35.5. The Morgan fingerprint density at radius 2 is 1.86 bits per heavy atom. The van der Waals surface area contributed by atoms with E-state index in [-0.39, 0.29) is 11.5 Å². The number of Topliss-reactive ketones (excluding diaryl/α,β-unsaturated/α-hetero) is 1. The Kier molecular flexibility index (Phi) is 5.99. The second-order valence-electron chi connectivity index (χ2n) is 6.04. The molecule has 0 bridgehead atoms. The summed E-state index contributed by atoms with van der Waals surface area (Å²) in [6, 6.07) is 18.8. The van der Waals surface area contributed by atoms with Crippen LogP contribution in [0.2, 0.25) is 5.02 Å². The van der Waals surface area contributed by atoms with Gasteiger partial charge in [0.05, 0.1) is 17.7 Å². The molecule has 4 rings (SSSR count). The van der Waals surface area contributed by atoms with Crippen LogP contribution < -0.4 is 4.74 Å². The van der Waals surface area contributed by atoms with E-state index >= 15 is 0 Å². The Balaban J connectivity index is 1.70. The van der Waals surface area contributed by atoms with Crippen LogP contribution in [0.3, 0.4) is 0 Å². The van der Waals surface area contributed by atoms with Crippen LogP contribution >= 0.6 is 34.7 Å². The molecule has 0 saturated carbocycles. The Morgan fingerprint density at radius 3 is 2.52 bits per heavy atom. The molecule has 8 heteroatoms. The van der Waals surface area contributed by atoms with Gasteiger partial charge in [-0.25, -0.2) is 0 Å². The first kappa shape index (κ1) is 19.7. The largest absolute Gasteiger partial charge is 0.497 e. The average molecular weight is 442 g/mol. The van der Waals surface area contributed by atoms with Gasteiger partial charge in [-0.15, -0.1) is 21.5 Å². The zero-order valence-electron chi connectivity index (χ0n) is 15.4. The highest BCUT2D eigenvalue weighted by Crippen LogP contribution is 2.30. The summed E-state index contributed by atoms with van der Waals surface area (Å²) >= 11 is 8.84. The number of thioether (sulfide) groups is 1. The maximum atomic E-state index is 12.4. The lowest BCUT2D eigenvalue weighted by atomic mass is 10.2. The molecule has 2 aromatic heterocycles. The fraction of sp³-hybridized carbons (Fsp3) is 0.0952. The SMILES string of the molecule is COc1ccc(-n2c(SCC(=O)c3cccs3)nnc2-c2ccc(Cl)cc2)cc1. The van der Waals surface area contributed by atoms with E-state index in [1.54, 1.807) is 7.11 Å². The zero-order valence-corrected chi connectivity index (χ0v) is 17.8. The minimum Gasteiger partial charge on any atom is -0.497 e. The summed E-state index contributed by atoms with van der Waals surface area (Å²) in [4.78, 5) is 13.2. The standard InChI is InChI=1S/C21H16ClN3O2S2/c1-27-17-10-8-16(9-11-17)25-20(14-4-6-15(22)7-5-14)23-24-21(25)29-13-18(26)19-3-2-12-28-19/h2-12H,13H2,1H3. The van der Waals surface area contributed by atoms with Crippen LogP contribution in [0.4, 0.5) is 0 Å². The predicted octanol–water partition coefficient (Wildman–Crippen LogP) is 5.63. The molecule has 0 saturated heterocycles. The van der Waals surface area contributed by atoms with Gasteiger partial charge in [0.15, 0.2) is 16.8 Å². The predicted molar refractivity (Wildman–Crippen MR) is 118 cm³/mol. The molecular formula is C21H16ClN3O2S2. The summed E-state index contributed by atoms with van der Waals surface area (Å²) in [5.74, 6) is 1.80. The maximum Gasteiger partial charge on any atom is 0.196 e. The number of nitrogens with zero attached hydrogens (tertiary/aromatic N) is 3. The van der Waals surface area contributed by atoms with Crippen molar-refractivity contribution in [2.45, 2.75) is 5.16 Å². The van der Waals surface area contributed by atoms with Crippen molar-refractivity contribution < 1.29 is 9.53 Å². The van der Waals surface area contributed by atoms with E-state index in [1.165, 1.54) is 23.1 Å². The van der Waals surface area contributed by atoms with Crippen LogP contribution in [0.25, 0.3) is 17.1 Å². The summed E-state index contributed by atoms with van der Waals surface area (Å²) < 4.78 is 7.20. The number of hydrogen-bond donors (Lipinski definition) is 0. The first-order valence-corrected chi connectivity index (χ1v) is 11.0. The zero-order chi connectivity index (χ0) is 20.2. The number of thiophene rings is 1. The molecule has 0 radical (unpaired) electrons. The number of hydrogen-bond acceptors (Lipinski definition) is 6. The van der Waals surface area contributed by atoms with Gasteiger partial charge in [0, 0.05) is 16.3 Å². The quantitative estimate of drug-likeness (QED) is 0.274. The van der Waals surface area contributed by atoms with E-state index in [4.69, 9.17) is 16.3 Å². The second-order valence-corrected chi connectivity index (χ2v) is 8.36. The minimum absolute atomic E-state index is 0.0716. The molecule has 0 spiro atoms. The number of rotatable bonds is 7. The van der Waals surface area contributed by atoms with Gasteiger partial charge in [-0.05, 0) is 60.0 Å². The lowest BCUT2D eigenvalue weighted by Crippen LogP contribution is -2.03. The molecule has 146 valence electrons. The van der Waals surface area contributed by atoms with Gasteiger partial charge >= 0.3 is 0 Å². The Labute approximate surface area is 181 Å². The van der Waals surface area contributed by atoms with E-state index in [1.807, 2.05) is 70.6 Å². The molecule has 0 N–H and O–H groups in total. The fourth-order valence-electron chi connectivity index (χ4n) is 2.75. The summed E-state index contributed by atoms with van der Waals surface area (Å²) in [5.41, 5.74) is 1.76. The van der Waals surface area contributed by atoms with E-state index in [9.17, 15) is 4.79 Å². The second kappa shape index (κ2) is 8.82. The van der Waals surface area contributed by atoms with Crippen molar-refractivity contribution in [2.24, 2.45) is 0 Å². The van der Waals surface area contributed by atoms with Crippen LogP contribution in [-0.2, 0) is 0 Å². The van der Waals surface area contributed by atoms with Gasteiger partial charge in [0.2, 0.25) is 0 Å². The number of halogens is 1. The summed E-state index contributed by atoms with van der Waals surface area (Å²) in [6.45, 7) is 0. The van der Waals surface area contributed by atoms with E-state index in [0.717, 1.165) is 21.9 Å². The molecule has 4 aromatic rings. The summed E-state index contributed by atoms with van der Waals surface area (Å²) in [5, 5.41) is 11.9. The minimum atomic E-state index is 0.0716. The molecule has 0 atom stereocenters. The number of aromatic nitrogens is 3. The number of ketones is 1. The van der Waals surface area contributed by atoms with Crippen LogP contribution in [-0.4, -0.2) is 33.4 Å². The van der Waals surface area contributed by atoms with Gasteiger partial charge in [-0.2, -0.15) is 0 Å². The number of carbonyl (C=O) groups excluding carboxylic acids is 1. The third-order valence-electron chi connectivity index (χ3n) is 4.19. The smallest absolute Gasteiger partial charge is 0.196 e. The Morgan fingerprint density at radius 1 is 1.10 bits per heavy atom. The van der Waals surface area contributed by atoms with Crippen LogP contribution in [0.5, 0.6) is 5.75 Å². The molecular weight excluding hydrogens is 426 g/mol. The molecule has 29 heavy (non-hydrogen) atoms. The molecule has 2 aromatic carbocycles. The average Bonchev–Trinajstić information content (AvgIpc) is 3.43. The highest BCUT2D eigenvalue weighted by molar-refractivity contribution is 7.99. The van der Waals surface area contributed by atoms with E-state index in [0.29, 0.717) is 16.0 Å². The third-order valence-corrected chi connectivity index (χ3v) is 6.29. The van der Waals surface area contributed by atoms with Crippen molar-refractivity contribution >= 4 is 40.5 Å². The first-order chi connectivity index (χ1) is 14.2. The number of benzene rings is 2. The van der Waals surface area contributed by atoms with Crippen LogP contribution in [0.15, 0.2) is 71.2 Å². The van der Waals surface area contributed by atoms with Gasteiger partial charge in [0.1, 0.15) is 5.75 Å². The van der Waals surface area contributed by atoms with E-state index in [2.05, 4.69) is 10.2 Å². The molecule has 0 fully saturated rings. The van der Waals surface area contributed by atoms with Crippen molar-refractivity contribution in [1.29, 1.82) is 0 Å². The molecule has 0 unspecified atom stereocenters. The lowest BCUT2D eigenvalue weighted by molar-refractivity contribution is 0.102. The molecule has 0 amide bonds. The summed E-state index contributed by atoms with van der Waals surface area (Å²) in [7, 11) is 1.63. The summed E-state index contributed by atoms with van der Waals surface area (Å²) in [6.07, 6.45) is 0. The van der Waals surface area contributed by atoms with Gasteiger partial charge in [-0.1, -0.05) is 29.4 Å². The van der Waals surface area contributed by atoms with Crippen molar-refractivity contribution in [2.75, 3.05) is 12.9 Å². The normalized spacial score (nSPS) is 10.8. The van der Waals surface area contributed by atoms with Gasteiger partial charge in [0.25, 0.3) is 0 Å². The van der Waals surface area contributed by atoms with Crippen LogP contribution in [0, 0.1) is 0 Å². The van der Waals surface area contributed by atoms with E-state index < -0.39 is 0 Å². The topological polar surface area (TPSA) is 57.0 Å². The lowest BCUT2D eigenvalue weighted by Gasteiger charge is -2.11. The van der Waals surface area contributed by atoms with Crippen molar-refractivity contribution in [1.82, 2.24) is 14.8 Å². The first-order valence-electron chi connectivity index (χ1n) is 8.71. The van der Waals surface area contributed by atoms with Gasteiger partial charge < -0.3 is 4.74 Å². The molecule has 5 nitrogen and oxygen atoms in total. The number of ether oxygens (including phenoxy) is 1. The monoisotopic (exact) mass is 441 g/mol. The Bertz CT molecular complexity index is 1110. The van der Waals surface area contributed by atoms with Crippen molar-refractivity contribution in [3.63, 3.8) is 0 Å². The molecule has 2 heterocycles. The van der Waals surface area contributed by atoms with Crippen molar-refractivity contribution in [3.8, 4) is 22.8 Å². The van der Waals surface area contributed by atoms with Crippen LogP contribution in [0.1, 0.15) is 9.67 Å². The molecule has 0 aliphatic rings. The highest BCUT2D eigenvalue weighted by Gasteiger charge is 2.18. The third kappa shape index (κ3) is 4.37.